The van der Waals surface area contributed by atoms with Crippen LogP contribution in [0.2, 0.25) is 0 Å². The number of alkyl carbamates (subject to hydrolysis) is 1. The zero-order valence-corrected chi connectivity index (χ0v) is 12.3. The Hall–Kier alpha value is -2.04. The lowest BCUT2D eigenvalue weighted by atomic mass is 9.68. The Morgan fingerprint density at radius 3 is 2.48 bits per heavy atom. The summed E-state index contributed by atoms with van der Waals surface area (Å²) in [5.41, 5.74) is 0.373. The number of hydrogen-bond acceptors (Lipinski definition) is 4. The summed E-state index contributed by atoms with van der Waals surface area (Å²) in [4.78, 5) is 23.6. The summed E-state index contributed by atoms with van der Waals surface area (Å²) in [7, 11) is 0. The van der Waals surface area contributed by atoms with Crippen LogP contribution in [0.25, 0.3) is 0 Å². The van der Waals surface area contributed by atoms with Crippen LogP contribution in [0.1, 0.15) is 31.7 Å². The van der Waals surface area contributed by atoms with Crippen LogP contribution in [0.15, 0.2) is 30.3 Å². The maximum atomic E-state index is 11.9. The molecule has 0 bridgehead atoms. The Balaban J connectivity index is 1.76. The van der Waals surface area contributed by atoms with Crippen molar-refractivity contribution in [2.75, 3.05) is 13.2 Å². The van der Waals surface area contributed by atoms with Crippen LogP contribution in [0.5, 0.6) is 0 Å². The number of rotatable bonds is 6. The molecule has 5 heteroatoms. The van der Waals surface area contributed by atoms with Gasteiger partial charge in [0.1, 0.15) is 6.61 Å². The Kier molecular flexibility index (Phi) is 5.20. The average molecular weight is 291 g/mol. The van der Waals surface area contributed by atoms with E-state index in [4.69, 9.17) is 9.47 Å². The van der Waals surface area contributed by atoms with Crippen molar-refractivity contribution in [3.8, 4) is 0 Å². The number of amides is 1. The lowest BCUT2D eigenvalue weighted by molar-refractivity contribution is -0.160. The summed E-state index contributed by atoms with van der Waals surface area (Å²) in [5, 5.41) is 2.67. The summed E-state index contributed by atoms with van der Waals surface area (Å²) >= 11 is 0. The molecule has 0 heterocycles. The molecule has 1 N–H and O–H groups in total. The predicted molar refractivity (Wildman–Crippen MR) is 77.5 cm³/mol. The van der Waals surface area contributed by atoms with E-state index < -0.39 is 11.5 Å². The lowest BCUT2D eigenvalue weighted by Crippen LogP contribution is -2.48. The molecule has 2 rings (SSSR count). The summed E-state index contributed by atoms with van der Waals surface area (Å²) in [6.07, 6.45) is 1.99. The van der Waals surface area contributed by atoms with Gasteiger partial charge in [0, 0.05) is 6.54 Å². The first-order chi connectivity index (χ1) is 10.2. The van der Waals surface area contributed by atoms with Crippen LogP contribution >= 0.6 is 0 Å². The van der Waals surface area contributed by atoms with Gasteiger partial charge in [0.15, 0.2) is 0 Å². The van der Waals surface area contributed by atoms with Crippen molar-refractivity contribution < 1.29 is 19.1 Å². The molecule has 1 aliphatic rings. The van der Waals surface area contributed by atoms with E-state index in [2.05, 4.69) is 5.32 Å². The van der Waals surface area contributed by atoms with Crippen molar-refractivity contribution in [3.63, 3.8) is 0 Å². The number of ether oxygens (including phenoxy) is 2. The molecule has 0 spiro atoms. The van der Waals surface area contributed by atoms with Gasteiger partial charge in [0.2, 0.25) is 0 Å². The van der Waals surface area contributed by atoms with Gasteiger partial charge in [-0.05, 0) is 25.3 Å². The van der Waals surface area contributed by atoms with E-state index in [9.17, 15) is 9.59 Å². The molecule has 0 saturated heterocycles. The monoisotopic (exact) mass is 291 g/mol. The Morgan fingerprint density at radius 2 is 1.90 bits per heavy atom. The van der Waals surface area contributed by atoms with Crippen LogP contribution in [0.3, 0.4) is 0 Å². The standard InChI is InChI=1S/C16H21NO4/c1-2-20-14(18)16(9-6-10-16)12-17-15(19)21-11-13-7-4-3-5-8-13/h3-5,7-8H,2,6,9-12H2,1H3,(H,17,19). The molecule has 0 atom stereocenters. The summed E-state index contributed by atoms with van der Waals surface area (Å²) in [6.45, 7) is 2.64. The van der Waals surface area contributed by atoms with Crippen LogP contribution in [-0.2, 0) is 20.9 Å². The van der Waals surface area contributed by atoms with Crippen molar-refractivity contribution >= 4 is 12.1 Å². The highest BCUT2D eigenvalue weighted by atomic mass is 16.5. The second kappa shape index (κ2) is 7.11. The minimum absolute atomic E-state index is 0.221. The number of benzene rings is 1. The van der Waals surface area contributed by atoms with Crippen molar-refractivity contribution in [2.24, 2.45) is 5.41 Å². The first-order valence-corrected chi connectivity index (χ1v) is 7.28. The highest BCUT2D eigenvalue weighted by molar-refractivity contribution is 5.79. The maximum Gasteiger partial charge on any atom is 0.407 e. The minimum atomic E-state index is -0.554. The Morgan fingerprint density at radius 1 is 1.19 bits per heavy atom. The van der Waals surface area contributed by atoms with Crippen molar-refractivity contribution in [2.45, 2.75) is 32.8 Å². The Labute approximate surface area is 124 Å². The molecule has 0 aromatic heterocycles. The van der Waals surface area contributed by atoms with Gasteiger partial charge in [-0.15, -0.1) is 0 Å². The third kappa shape index (κ3) is 3.97. The lowest BCUT2D eigenvalue weighted by Gasteiger charge is -2.38. The van der Waals surface area contributed by atoms with E-state index in [1.165, 1.54) is 0 Å². The van der Waals surface area contributed by atoms with E-state index >= 15 is 0 Å². The molecular weight excluding hydrogens is 270 g/mol. The zero-order chi connectivity index (χ0) is 15.1. The molecule has 1 aromatic carbocycles. The van der Waals surface area contributed by atoms with E-state index in [1.54, 1.807) is 6.92 Å². The van der Waals surface area contributed by atoms with E-state index in [0.29, 0.717) is 6.61 Å². The van der Waals surface area contributed by atoms with Crippen LogP contribution in [-0.4, -0.2) is 25.2 Å². The fraction of sp³-hybridized carbons (Fsp3) is 0.500. The maximum absolute atomic E-state index is 11.9. The predicted octanol–water partition coefficient (Wildman–Crippen LogP) is 2.65. The molecule has 5 nitrogen and oxygen atoms in total. The fourth-order valence-electron chi connectivity index (χ4n) is 2.36. The van der Waals surface area contributed by atoms with Gasteiger partial charge in [-0.1, -0.05) is 36.8 Å². The normalized spacial score (nSPS) is 15.7. The van der Waals surface area contributed by atoms with Crippen LogP contribution < -0.4 is 5.32 Å². The second-order valence-corrected chi connectivity index (χ2v) is 5.27. The number of nitrogens with one attached hydrogen (secondary N) is 1. The summed E-state index contributed by atoms with van der Waals surface area (Å²) in [6, 6.07) is 9.46. The SMILES string of the molecule is CCOC(=O)C1(CNC(=O)OCc2ccccc2)CCC1. The highest BCUT2D eigenvalue weighted by Gasteiger charge is 2.45. The Bertz CT molecular complexity index is 482. The van der Waals surface area contributed by atoms with Gasteiger partial charge in [-0.25, -0.2) is 4.79 Å². The fourth-order valence-corrected chi connectivity index (χ4v) is 2.36. The first kappa shape index (κ1) is 15.4. The number of hydrogen-bond donors (Lipinski definition) is 1. The number of carbonyl (C=O) groups excluding carboxylic acids is 2. The van der Waals surface area contributed by atoms with Gasteiger partial charge in [-0.2, -0.15) is 0 Å². The molecule has 1 aromatic rings. The third-order valence-corrected chi connectivity index (χ3v) is 3.80. The number of esters is 1. The van der Waals surface area contributed by atoms with Crippen LogP contribution in [0.4, 0.5) is 4.79 Å². The topological polar surface area (TPSA) is 64.6 Å². The van der Waals surface area contributed by atoms with Crippen LogP contribution in [0, 0.1) is 5.41 Å². The summed E-state index contributed by atoms with van der Waals surface area (Å²) in [5.74, 6) is -0.223. The molecule has 0 aliphatic heterocycles. The van der Waals surface area contributed by atoms with E-state index in [1.807, 2.05) is 30.3 Å². The second-order valence-electron chi connectivity index (χ2n) is 5.27. The largest absolute Gasteiger partial charge is 0.466 e. The number of carbonyl (C=O) groups is 2. The smallest absolute Gasteiger partial charge is 0.407 e. The van der Waals surface area contributed by atoms with Gasteiger partial charge in [0.05, 0.1) is 12.0 Å². The molecule has 1 aliphatic carbocycles. The minimum Gasteiger partial charge on any atom is -0.466 e. The van der Waals surface area contributed by atoms with Gasteiger partial charge >= 0.3 is 12.1 Å². The average Bonchev–Trinajstić information content (AvgIpc) is 2.45. The van der Waals surface area contributed by atoms with E-state index in [0.717, 1.165) is 24.8 Å². The van der Waals surface area contributed by atoms with Crippen molar-refractivity contribution in [3.05, 3.63) is 35.9 Å². The van der Waals surface area contributed by atoms with Gasteiger partial charge < -0.3 is 14.8 Å². The molecule has 114 valence electrons. The van der Waals surface area contributed by atoms with Crippen molar-refractivity contribution in [1.82, 2.24) is 5.32 Å². The first-order valence-electron chi connectivity index (χ1n) is 7.28. The molecule has 1 amide bonds. The van der Waals surface area contributed by atoms with E-state index in [-0.39, 0.29) is 19.1 Å². The zero-order valence-electron chi connectivity index (χ0n) is 12.3. The molecule has 21 heavy (non-hydrogen) atoms. The molecular formula is C16H21NO4. The molecule has 0 unspecified atom stereocenters. The molecule has 1 fully saturated rings. The van der Waals surface area contributed by atoms with Crippen molar-refractivity contribution in [1.29, 1.82) is 0 Å². The summed E-state index contributed by atoms with van der Waals surface area (Å²) < 4.78 is 10.2. The molecule has 0 radical (unpaired) electrons. The third-order valence-electron chi connectivity index (χ3n) is 3.80. The quantitative estimate of drug-likeness (QED) is 0.818. The van der Waals surface area contributed by atoms with Gasteiger partial charge in [0.25, 0.3) is 0 Å². The molecule has 1 saturated carbocycles. The highest BCUT2D eigenvalue weighted by Crippen LogP contribution is 2.41. The van der Waals surface area contributed by atoms with Gasteiger partial charge in [-0.3, -0.25) is 4.79 Å².